The Morgan fingerprint density at radius 2 is 1.81 bits per heavy atom. The van der Waals surface area contributed by atoms with Crippen LogP contribution in [0.5, 0.6) is 0 Å². The summed E-state index contributed by atoms with van der Waals surface area (Å²) < 4.78 is 0. The summed E-state index contributed by atoms with van der Waals surface area (Å²) in [6.45, 7) is 2.70. The van der Waals surface area contributed by atoms with Crippen molar-refractivity contribution in [1.82, 2.24) is 14.9 Å². The molecule has 0 radical (unpaired) electrons. The molecule has 0 spiro atoms. The monoisotopic (exact) mass is 425 g/mol. The van der Waals surface area contributed by atoms with Crippen LogP contribution in [0.3, 0.4) is 0 Å². The molecule has 2 aromatic heterocycles. The quantitative estimate of drug-likeness (QED) is 0.524. The molecule has 6 heteroatoms. The average Bonchev–Trinajstić information content (AvgIpc) is 3.26. The summed E-state index contributed by atoms with van der Waals surface area (Å²) in [4.78, 5) is 26.4. The van der Waals surface area contributed by atoms with Gasteiger partial charge in [-0.05, 0) is 37.2 Å². The highest BCUT2D eigenvalue weighted by atomic mass is 16.1. The van der Waals surface area contributed by atoms with Gasteiger partial charge < -0.3 is 10.6 Å². The lowest BCUT2D eigenvalue weighted by Gasteiger charge is -2.22. The van der Waals surface area contributed by atoms with Gasteiger partial charge in [-0.1, -0.05) is 36.4 Å². The molecule has 1 amide bonds. The van der Waals surface area contributed by atoms with Crippen molar-refractivity contribution in [1.29, 1.82) is 0 Å². The maximum Gasteiger partial charge on any atom is 0.249 e. The molecular formula is C26H27N5O. The summed E-state index contributed by atoms with van der Waals surface area (Å²) in [6, 6.07) is 20.1. The average molecular weight is 426 g/mol. The fourth-order valence-corrected chi connectivity index (χ4v) is 4.72. The van der Waals surface area contributed by atoms with E-state index in [2.05, 4.69) is 34.1 Å². The molecule has 4 aromatic rings. The lowest BCUT2D eigenvalue weighted by molar-refractivity contribution is 0.100. The number of aromatic nitrogens is 2. The summed E-state index contributed by atoms with van der Waals surface area (Å²) in [6.07, 6.45) is 1.00. The number of nitrogens with two attached hydrogens (primary N) is 1. The second kappa shape index (κ2) is 8.20. The van der Waals surface area contributed by atoms with E-state index < -0.39 is 5.91 Å². The number of primary amides is 1. The van der Waals surface area contributed by atoms with Crippen molar-refractivity contribution in [3.8, 4) is 0 Å². The molecule has 3 heterocycles. The number of hydrogen-bond donors (Lipinski definition) is 1. The van der Waals surface area contributed by atoms with Gasteiger partial charge in [0.05, 0.1) is 16.6 Å². The number of anilines is 1. The van der Waals surface area contributed by atoms with Crippen molar-refractivity contribution in [2.24, 2.45) is 5.73 Å². The van der Waals surface area contributed by atoms with Crippen LogP contribution < -0.4 is 10.6 Å². The topological polar surface area (TPSA) is 75.3 Å². The van der Waals surface area contributed by atoms with E-state index in [0.717, 1.165) is 59.4 Å². The molecule has 162 valence electrons. The van der Waals surface area contributed by atoms with Crippen LogP contribution in [0.4, 0.5) is 5.82 Å². The van der Waals surface area contributed by atoms with Crippen LogP contribution in [0.25, 0.3) is 21.8 Å². The van der Waals surface area contributed by atoms with Gasteiger partial charge in [0.25, 0.3) is 0 Å². The summed E-state index contributed by atoms with van der Waals surface area (Å²) >= 11 is 0. The van der Waals surface area contributed by atoms with Gasteiger partial charge >= 0.3 is 0 Å². The Morgan fingerprint density at radius 1 is 1.06 bits per heavy atom. The normalized spacial score (nSPS) is 16.6. The maximum absolute atomic E-state index is 12.1. The Hall–Kier alpha value is -3.51. The van der Waals surface area contributed by atoms with E-state index in [9.17, 15) is 4.79 Å². The molecule has 32 heavy (non-hydrogen) atoms. The number of para-hydroxylation sites is 2. The first-order chi connectivity index (χ1) is 15.5. The smallest absolute Gasteiger partial charge is 0.249 e. The van der Waals surface area contributed by atoms with Gasteiger partial charge in [-0.2, -0.15) is 0 Å². The highest BCUT2D eigenvalue weighted by Crippen LogP contribution is 2.31. The number of fused-ring (bicyclic) bond motifs is 2. The van der Waals surface area contributed by atoms with E-state index in [4.69, 9.17) is 15.7 Å². The number of amides is 1. The van der Waals surface area contributed by atoms with Crippen LogP contribution in [0, 0.1) is 0 Å². The molecule has 1 saturated heterocycles. The molecule has 2 N–H and O–H groups in total. The molecule has 0 saturated carbocycles. The van der Waals surface area contributed by atoms with E-state index >= 15 is 0 Å². The van der Waals surface area contributed by atoms with E-state index in [1.54, 1.807) is 0 Å². The minimum atomic E-state index is -0.405. The molecule has 2 aromatic carbocycles. The number of carbonyl (C=O) groups is 1. The summed E-state index contributed by atoms with van der Waals surface area (Å²) in [5, 5.41) is 1.97. The lowest BCUT2D eigenvalue weighted by atomic mass is 9.99. The molecule has 5 rings (SSSR count). The van der Waals surface area contributed by atoms with Gasteiger partial charge in [0.1, 0.15) is 5.82 Å². The maximum atomic E-state index is 12.1. The van der Waals surface area contributed by atoms with Gasteiger partial charge in [0.15, 0.2) is 0 Å². The third kappa shape index (κ3) is 3.78. The zero-order valence-corrected chi connectivity index (χ0v) is 18.5. The molecule has 1 aliphatic heterocycles. The van der Waals surface area contributed by atoms with Crippen molar-refractivity contribution < 1.29 is 4.79 Å². The molecule has 6 nitrogen and oxygen atoms in total. The van der Waals surface area contributed by atoms with Crippen molar-refractivity contribution in [2.45, 2.75) is 18.9 Å². The molecule has 1 atom stereocenters. The first-order valence-electron chi connectivity index (χ1n) is 11.0. The van der Waals surface area contributed by atoms with E-state index in [1.165, 1.54) is 5.56 Å². The van der Waals surface area contributed by atoms with E-state index in [-0.39, 0.29) is 5.92 Å². The Balaban J connectivity index is 1.42. The molecule has 0 unspecified atom stereocenters. The molecule has 0 aliphatic carbocycles. The zero-order chi connectivity index (χ0) is 22.2. The molecule has 1 aliphatic rings. The van der Waals surface area contributed by atoms with Crippen molar-refractivity contribution in [3.63, 3.8) is 0 Å². The van der Waals surface area contributed by atoms with Crippen molar-refractivity contribution in [3.05, 3.63) is 77.5 Å². The predicted molar refractivity (Wildman–Crippen MR) is 129 cm³/mol. The van der Waals surface area contributed by atoms with Crippen LogP contribution in [0.2, 0.25) is 0 Å². The highest BCUT2D eigenvalue weighted by molar-refractivity contribution is 6.05. The first-order valence-corrected chi connectivity index (χ1v) is 11.0. The third-order valence-corrected chi connectivity index (χ3v) is 6.29. The van der Waals surface area contributed by atoms with Gasteiger partial charge in [0.2, 0.25) is 5.91 Å². The Kier molecular flexibility index (Phi) is 5.23. The summed E-state index contributed by atoms with van der Waals surface area (Å²) in [5.74, 6) is 0.874. The van der Waals surface area contributed by atoms with E-state index in [0.29, 0.717) is 5.56 Å². The van der Waals surface area contributed by atoms with Crippen LogP contribution in [-0.2, 0) is 6.54 Å². The number of hydrogen-bond acceptors (Lipinski definition) is 5. The number of rotatable bonds is 5. The fourth-order valence-electron chi connectivity index (χ4n) is 4.72. The SMILES string of the molecule is CN(C)c1nc2ccccc2cc1CN1CC[C@@H](c2cc(C(N)=O)c3ccccc3n2)C1. The van der Waals surface area contributed by atoms with Crippen molar-refractivity contribution in [2.75, 3.05) is 32.1 Å². The van der Waals surface area contributed by atoms with Crippen LogP contribution in [0.1, 0.15) is 34.0 Å². The second-order valence-corrected chi connectivity index (χ2v) is 8.76. The van der Waals surface area contributed by atoms with Crippen LogP contribution in [0.15, 0.2) is 60.7 Å². The molecular weight excluding hydrogens is 398 g/mol. The van der Waals surface area contributed by atoms with Crippen LogP contribution >= 0.6 is 0 Å². The summed E-state index contributed by atoms with van der Waals surface area (Å²) in [5.41, 5.74) is 10.2. The predicted octanol–water partition coefficient (Wildman–Crippen LogP) is 3.94. The third-order valence-electron chi connectivity index (χ3n) is 6.29. The lowest BCUT2D eigenvalue weighted by Crippen LogP contribution is -2.23. The second-order valence-electron chi connectivity index (χ2n) is 8.76. The van der Waals surface area contributed by atoms with Gasteiger partial charge in [-0.3, -0.25) is 14.7 Å². The van der Waals surface area contributed by atoms with Gasteiger partial charge in [-0.25, -0.2) is 4.98 Å². The number of nitrogens with zero attached hydrogens (tertiary/aromatic N) is 4. The standard InChI is InChI=1S/C26H27N5O/c1-30(2)26-19(13-17-7-3-5-9-22(17)29-26)16-31-12-11-18(15-31)24-14-21(25(27)32)20-8-4-6-10-23(20)28-24/h3-10,13-14,18H,11-12,15-16H2,1-2H3,(H2,27,32)/t18-/m1/s1. The zero-order valence-electron chi connectivity index (χ0n) is 18.5. The number of benzene rings is 2. The Labute approximate surface area is 187 Å². The van der Waals surface area contributed by atoms with Gasteiger partial charge in [-0.15, -0.1) is 0 Å². The van der Waals surface area contributed by atoms with E-state index in [1.807, 2.05) is 50.5 Å². The largest absolute Gasteiger partial charge is 0.366 e. The minimum Gasteiger partial charge on any atom is -0.366 e. The number of likely N-dealkylation sites (tertiary alicyclic amines) is 1. The Morgan fingerprint density at radius 3 is 2.59 bits per heavy atom. The van der Waals surface area contributed by atoms with Crippen molar-refractivity contribution >= 4 is 33.5 Å². The first kappa shape index (κ1) is 20.4. The molecule has 1 fully saturated rings. The van der Waals surface area contributed by atoms with Crippen LogP contribution in [-0.4, -0.2) is 48.0 Å². The fraction of sp³-hybridized carbons (Fsp3) is 0.269. The highest BCUT2D eigenvalue weighted by Gasteiger charge is 2.27. The summed E-state index contributed by atoms with van der Waals surface area (Å²) in [7, 11) is 4.08. The Bertz CT molecular complexity index is 1320. The van der Waals surface area contributed by atoms with Gasteiger partial charge in [0, 0.05) is 55.1 Å². The number of pyridine rings is 2. The molecule has 0 bridgehead atoms. The minimum absolute atomic E-state index is 0.272. The number of carbonyl (C=O) groups excluding carboxylic acids is 1.